The van der Waals surface area contributed by atoms with Crippen molar-refractivity contribution in [2.24, 2.45) is 0 Å². The van der Waals surface area contributed by atoms with E-state index in [1.54, 1.807) is 0 Å². The van der Waals surface area contributed by atoms with Gasteiger partial charge in [0.05, 0.1) is 5.52 Å². The van der Waals surface area contributed by atoms with Crippen molar-refractivity contribution < 1.29 is 0 Å². The maximum absolute atomic E-state index is 4.51. The Morgan fingerprint density at radius 1 is 1.27 bits per heavy atom. The topological polar surface area (TPSA) is 41.6 Å². The van der Waals surface area contributed by atoms with Gasteiger partial charge in [-0.2, -0.15) is 0 Å². The molecule has 0 saturated heterocycles. The van der Waals surface area contributed by atoms with Gasteiger partial charge in [-0.05, 0) is 31.4 Å². The summed E-state index contributed by atoms with van der Waals surface area (Å²) in [6.07, 6.45) is 3.13. The van der Waals surface area contributed by atoms with Gasteiger partial charge in [0.2, 0.25) is 0 Å². The Morgan fingerprint density at radius 2 is 2.07 bits per heavy atom. The van der Waals surface area contributed by atoms with Gasteiger partial charge in [-0.1, -0.05) is 13.8 Å². The van der Waals surface area contributed by atoms with Crippen molar-refractivity contribution >= 4 is 11.2 Å². The average Bonchev–Trinajstić information content (AvgIpc) is 2.58. The van der Waals surface area contributed by atoms with Crippen LogP contribution in [-0.4, -0.2) is 15.0 Å². The smallest absolute Gasteiger partial charge is 0.177 e. The Bertz CT molecular complexity index is 471. The predicted octanol–water partition coefficient (Wildman–Crippen LogP) is 2.78. The third kappa shape index (κ3) is 1.87. The number of imidazole rings is 1. The van der Waals surface area contributed by atoms with Crippen LogP contribution in [0.2, 0.25) is 0 Å². The third-order valence-corrected chi connectivity index (χ3v) is 2.69. The average molecular weight is 203 g/mol. The van der Waals surface area contributed by atoms with Crippen LogP contribution >= 0.6 is 0 Å². The molecule has 1 N–H and O–H groups in total. The second kappa shape index (κ2) is 4.01. The number of pyridine rings is 1. The molecular formula is C12H17N3. The van der Waals surface area contributed by atoms with E-state index >= 15 is 0 Å². The summed E-state index contributed by atoms with van der Waals surface area (Å²) < 4.78 is 0. The number of nitrogens with one attached hydrogen (secondary N) is 1. The van der Waals surface area contributed by atoms with Crippen molar-refractivity contribution in [3.05, 3.63) is 23.1 Å². The Labute approximate surface area is 90.0 Å². The van der Waals surface area contributed by atoms with Crippen molar-refractivity contribution in [1.82, 2.24) is 15.0 Å². The van der Waals surface area contributed by atoms with E-state index in [1.165, 1.54) is 5.56 Å². The van der Waals surface area contributed by atoms with Gasteiger partial charge < -0.3 is 4.98 Å². The van der Waals surface area contributed by atoms with Crippen molar-refractivity contribution in [1.29, 1.82) is 0 Å². The van der Waals surface area contributed by atoms with E-state index in [0.717, 1.165) is 41.9 Å². The zero-order valence-corrected chi connectivity index (χ0v) is 9.59. The molecule has 0 amide bonds. The largest absolute Gasteiger partial charge is 0.341 e. The zero-order chi connectivity index (χ0) is 10.8. The fourth-order valence-corrected chi connectivity index (χ4v) is 1.84. The molecule has 0 aliphatic carbocycles. The fourth-order valence-electron chi connectivity index (χ4n) is 1.84. The minimum Gasteiger partial charge on any atom is -0.341 e. The van der Waals surface area contributed by atoms with Crippen LogP contribution in [0.3, 0.4) is 0 Å². The quantitative estimate of drug-likeness (QED) is 0.833. The first-order chi connectivity index (χ1) is 7.24. The lowest BCUT2D eigenvalue weighted by Gasteiger charge is -2.00. The maximum Gasteiger partial charge on any atom is 0.177 e. The van der Waals surface area contributed by atoms with Crippen LogP contribution in [0.4, 0.5) is 0 Å². The van der Waals surface area contributed by atoms with Crippen molar-refractivity contribution in [2.45, 2.75) is 40.0 Å². The van der Waals surface area contributed by atoms with E-state index in [9.17, 15) is 0 Å². The number of rotatable bonds is 3. The van der Waals surface area contributed by atoms with Crippen LogP contribution in [0.15, 0.2) is 6.07 Å². The molecule has 0 unspecified atom stereocenters. The highest BCUT2D eigenvalue weighted by atomic mass is 15.0. The molecule has 0 atom stereocenters. The molecule has 2 rings (SSSR count). The first-order valence-corrected chi connectivity index (χ1v) is 5.59. The molecule has 0 fully saturated rings. The van der Waals surface area contributed by atoms with Gasteiger partial charge >= 0.3 is 0 Å². The Kier molecular flexibility index (Phi) is 2.71. The lowest BCUT2D eigenvalue weighted by molar-refractivity contribution is 0.860. The summed E-state index contributed by atoms with van der Waals surface area (Å²) in [5, 5.41) is 0. The summed E-state index contributed by atoms with van der Waals surface area (Å²) >= 11 is 0. The summed E-state index contributed by atoms with van der Waals surface area (Å²) in [6.45, 7) is 6.36. The van der Waals surface area contributed by atoms with E-state index in [2.05, 4.69) is 34.9 Å². The van der Waals surface area contributed by atoms with Crippen LogP contribution in [0, 0.1) is 6.92 Å². The van der Waals surface area contributed by atoms with Gasteiger partial charge in [0.1, 0.15) is 5.82 Å². The molecule has 0 aliphatic heterocycles. The molecule has 2 aromatic heterocycles. The second-order valence-corrected chi connectivity index (χ2v) is 3.89. The Hall–Kier alpha value is -1.38. The molecule has 0 aliphatic rings. The van der Waals surface area contributed by atoms with Crippen molar-refractivity contribution in [3.8, 4) is 0 Å². The highest BCUT2D eigenvalue weighted by Gasteiger charge is 2.06. The molecule has 3 nitrogen and oxygen atoms in total. The van der Waals surface area contributed by atoms with Crippen LogP contribution in [-0.2, 0) is 12.8 Å². The standard InChI is InChI=1S/C12H17N3/c1-4-6-11-14-10-7-9(5-2)8(3)13-12(10)15-11/h7H,4-6H2,1-3H3,(H,13,14,15). The van der Waals surface area contributed by atoms with Crippen LogP contribution < -0.4 is 0 Å². The molecule has 0 saturated carbocycles. The summed E-state index contributed by atoms with van der Waals surface area (Å²) in [7, 11) is 0. The molecule has 0 spiro atoms. The number of H-pyrrole nitrogens is 1. The number of aryl methyl sites for hydroxylation is 3. The number of aromatic amines is 1. The number of hydrogen-bond donors (Lipinski definition) is 1. The Morgan fingerprint density at radius 3 is 2.73 bits per heavy atom. The summed E-state index contributed by atoms with van der Waals surface area (Å²) in [5.41, 5.74) is 4.32. The molecule has 0 aromatic carbocycles. The lowest BCUT2D eigenvalue weighted by atomic mass is 10.1. The van der Waals surface area contributed by atoms with E-state index in [0.29, 0.717) is 0 Å². The first kappa shape index (κ1) is 10.1. The van der Waals surface area contributed by atoms with Gasteiger partial charge in [0.15, 0.2) is 5.65 Å². The summed E-state index contributed by atoms with van der Waals surface area (Å²) in [5.74, 6) is 1.05. The number of aromatic nitrogens is 3. The SMILES string of the molecule is CCCc1nc2nc(C)c(CC)cc2[nH]1. The highest BCUT2D eigenvalue weighted by molar-refractivity contribution is 5.71. The summed E-state index contributed by atoms with van der Waals surface area (Å²) in [4.78, 5) is 12.3. The van der Waals surface area contributed by atoms with E-state index in [4.69, 9.17) is 0 Å². The third-order valence-electron chi connectivity index (χ3n) is 2.69. The first-order valence-electron chi connectivity index (χ1n) is 5.59. The zero-order valence-electron chi connectivity index (χ0n) is 9.59. The molecule has 80 valence electrons. The fraction of sp³-hybridized carbons (Fsp3) is 0.500. The number of hydrogen-bond acceptors (Lipinski definition) is 2. The molecule has 2 heterocycles. The van der Waals surface area contributed by atoms with Crippen molar-refractivity contribution in [2.75, 3.05) is 0 Å². The number of nitrogens with zero attached hydrogens (tertiary/aromatic N) is 2. The van der Waals surface area contributed by atoms with Crippen LogP contribution in [0.5, 0.6) is 0 Å². The molecule has 2 aromatic rings. The van der Waals surface area contributed by atoms with E-state index in [1.807, 2.05) is 6.92 Å². The monoisotopic (exact) mass is 203 g/mol. The lowest BCUT2D eigenvalue weighted by Crippen LogP contribution is -1.91. The predicted molar refractivity (Wildman–Crippen MR) is 62.0 cm³/mol. The van der Waals surface area contributed by atoms with Gasteiger partial charge in [-0.15, -0.1) is 0 Å². The van der Waals surface area contributed by atoms with E-state index < -0.39 is 0 Å². The van der Waals surface area contributed by atoms with Crippen LogP contribution in [0.1, 0.15) is 37.4 Å². The molecule has 15 heavy (non-hydrogen) atoms. The van der Waals surface area contributed by atoms with Gasteiger partial charge in [0, 0.05) is 12.1 Å². The minimum absolute atomic E-state index is 0.855. The number of fused-ring (bicyclic) bond motifs is 1. The van der Waals surface area contributed by atoms with E-state index in [-0.39, 0.29) is 0 Å². The van der Waals surface area contributed by atoms with Gasteiger partial charge in [-0.25, -0.2) is 9.97 Å². The highest BCUT2D eigenvalue weighted by Crippen LogP contribution is 2.15. The second-order valence-electron chi connectivity index (χ2n) is 3.89. The van der Waals surface area contributed by atoms with Gasteiger partial charge in [-0.3, -0.25) is 0 Å². The summed E-state index contributed by atoms with van der Waals surface area (Å²) in [6, 6.07) is 2.17. The molecular weight excluding hydrogens is 186 g/mol. The maximum atomic E-state index is 4.51. The van der Waals surface area contributed by atoms with Gasteiger partial charge in [0.25, 0.3) is 0 Å². The normalized spacial score (nSPS) is 11.1. The molecule has 0 bridgehead atoms. The van der Waals surface area contributed by atoms with Crippen molar-refractivity contribution in [3.63, 3.8) is 0 Å². The molecule has 3 heteroatoms. The Balaban J connectivity index is 2.51. The molecule has 0 radical (unpaired) electrons. The van der Waals surface area contributed by atoms with Crippen LogP contribution in [0.25, 0.3) is 11.2 Å². The minimum atomic E-state index is 0.855.